The van der Waals surface area contributed by atoms with E-state index in [-0.39, 0.29) is 12.0 Å². The molecule has 0 aliphatic rings. The van der Waals surface area contributed by atoms with Gasteiger partial charge in [0, 0.05) is 12.7 Å². The van der Waals surface area contributed by atoms with E-state index in [1.54, 1.807) is 33.8 Å². The largest absolute Gasteiger partial charge is 0.496 e. The fraction of sp³-hybridized carbons (Fsp3) is 0.500. The molecule has 32 heavy (non-hydrogen) atoms. The van der Waals surface area contributed by atoms with Gasteiger partial charge in [-0.3, -0.25) is 0 Å². The molecule has 0 fully saturated rings. The molecule has 2 atom stereocenters. The summed E-state index contributed by atoms with van der Waals surface area (Å²) in [7, 11) is 2.68. The average molecular weight is 458 g/mol. The van der Waals surface area contributed by atoms with Crippen LogP contribution in [0.1, 0.15) is 42.5 Å². The van der Waals surface area contributed by atoms with Crippen molar-refractivity contribution in [2.75, 3.05) is 21.0 Å². The highest BCUT2D eigenvalue weighted by Crippen LogP contribution is 2.47. The van der Waals surface area contributed by atoms with Crippen LogP contribution in [0.2, 0.25) is 0 Å². The lowest BCUT2D eigenvalue weighted by molar-refractivity contribution is -0.313. The van der Waals surface area contributed by atoms with E-state index < -0.39 is 35.9 Å². The van der Waals surface area contributed by atoms with Crippen molar-refractivity contribution < 1.29 is 36.9 Å². The Labute approximate surface area is 186 Å². The number of ether oxygens (including phenoxy) is 3. The van der Waals surface area contributed by atoms with Crippen LogP contribution in [0.15, 0.2) is 36.4 Å². The molecule has 0 spiro atoms. The molecule has 0 saturated carbocycles. The van der Waals surface area contributed by atoms with Gasteiger partial charge in [-0.15, -0.1) is 0 Å². The van der Waals surface area contributed by atoms with Gasteiger partial charge in [0.1, 0.15) is 24.5 Å². The van der Waals surface area contributed by atoms with Gasteiger partial charge in [-0.05, 0) is 49.4 Å². The van der Waals surface area contributed by atoms with Crippen LogP contribution in [0.25, 0.3) is 0 Å². The van der Waals surface area contributed by atoms with Crippen molar-refractivity contribution in [3.8, 4) is 5.75 Å². The third kappa shape index (κ3) is 5.42. The Morgan fingerprint density at radius 3 is 2.06 bits per heavy atom. The molecule has 1 N–H and O–H groups in total. The molecule has 4 nitrogen and oxygen atoms in total. The van der Waals surface area contributed by atoms with Crippen molar-refractivity contribution in [1.29, 1.82) is 0 Å². The summed E-state index contributed by atoms with van der Waals surface area (Å²) in [6, 6.07) is 8.14. The first-order valence-corrected chi connectivity index (χ1v) is 10.1. The van der Waals surface area contributed by atoms with Gasteiger partial charge >= 0.3 is 6.18 Å². The van der Waals surface area contributed by atoms with Gasteiger partial charge in [0.25, 0.3) is 0 Å². The minimum absolute atomic E-state index is 0.306. The Bertz CT molecular complexity index is 906. The normalized spacial score (nSPS) is 15.3. The van der Waals surface area contributed by atoms with Crippen LogP contribution in [0.4, 0.5) is 17.6 Å². The maximum absolute atomic E-state index is 14.5. The smallest absolute Gasteiger partial charge is 0.424 e. The van der Waals surface area contributed by atoms with Crippen molar-refractivity contribution in [3.05, 3.63) is 64.5 Å². The summed E-state index contributed by atoms with van der Waals surface area (Å²) >= 11 is 0. The molecule has 178 valence electrons. The van der Waals surface area contributed by atoms with E-state index in [0.717, 1.165) is 0 Å². The standard InChI is InChI=1S/C24H30F4O4/c1-15-9-16(2)11-17(10-15)23(29,24(26,27)28)21(32-14-30-5)13-22(3,4)19-12-18(25)7-8-20(19)31-6/h7-12,21,29H,13-14H2,1-6H3. The van der Waals surface area contributed by atoms with Crippen LogP contribution in [0.3, 0.4) is 0 Å². The first kappa shape index (κ1) is 26.1. The zero-order chi connectivity index (χ0) is 24.3. The second kappa shape index (κ2) is 9.77. The summed E-state index contributed by atoms with van der Waals surface area (Å²) in [5.74, 6) is -0.229. The van der Waals surface area contributed by atoms with Crippen LogP contribution >= 0.6 is 0 Å². The second-order valence-electron chi connectivity index (χ2n) is 8.63. The summed E-state index contributed by atoms with van der Waals surface area (Å²) in [4.78, 5) is 0. The Kier molecular flexibility index (Phi) is 7.96. The highest BCUT2D eigenvalue weighted by Gasteiger charge is 2.61. The monoisotopic (exact) mass is 458 g/mol. The predicted molar refractivity (Wildman–Crippen MR) is 113 cm³/mol. The molecule has 0 aromatic heterocycles. The number of alkyl halides is 3. The van der Waals surface area contributed by atoms with Crippen LogP contribution in [-0.4, -0.2) is 38.4 Å². The van der Waals surface area contributed by atoms with Gasteiger partial charge in [-0.2, -0.15) is 13.2 Å². The number of aryl methyl sites for hydroxylation is 2. The molecular weight excluding hydrogens is 428 g/mol. The molecule has 2 rings (SSSR count). The van der Waals surface area contributed by atoms with E-state index in [4.69, 9.17) is 14.2 Å². The SMILES string of the molecule is COCOC(CC(C)(C)c1cc(F)ccc1OC)C(O)(c1cc(C)cc(C)c1)C(F)(F)F. The number of rotatable bonds is 9. The van der Waals surface area contributed by atoms with Crippen molar-refractivity contribution in [2.24, 2.45) is 0 Å². The third-order valence-electron chi connectivity index (χ3n) is 5.53. The molecule has 2 aromatic rings. The number of hydrogen-bond acceptors (Lipinski definition) is 4. The lowest BCUT2D eigenvalue weighted by Gasteiger charge is -2.41. The zero-order valence-corrected chi connectivity index (χ0v) is 19.1. The minimum atomic E-state index is -5.06. The van der Waals surface area contributed by atoms with Gasteiger partial charge in [0.05, 0.1) is 7.11 Å². The maximum atomic E-state index is 14.5. The Hall–Kier alpha value is -2.16. The molecule has 2 unspecified atom stereocenters. The molecule has 0 saturated heterocycles. The number of hydrogen-bond donors (Lipinski definition) is 1. The Morgan fingerprint density at radius 1 is 0.969 bits per heavy atom. The van der Waals surface area contributed by atoms with E-state index >= 15 is 0 Å². The molecule has 8 heteroatoms. The van der Waals surface area contributed by atoms with E-state index in [0.29, 0.717) is 22.4 Å². The topological polar surface area (TPSA) is 47.9 Å². The molecule has 0 aliphatic heterocycles. The van der Waals surface area contributed by atoms with Gasteiger partial charge in [-0.25, -0.2) is 4.39 Å². The number of aliphatic hydroxyl groups is 1. The fourth-order valence-corrected chi connectivity index (χ4v) is 3.99. The summed E-state index contributed by atoms with van der Waals surface area (Å²) in [5.41, 5.74) is -3.23. The lowest BCUT2D eigenvalue weighted by atomic mass is 9.73. The van der Waals surface area contributed by atoms with E-state index in [1.807, 2.05) is 0 Å². The Balaban J connectivity index is 2.64. The lowest BCUT2D eigenvalue weighted by Crippen LogP contribution is -2.54. The molecule has 0 bridgehead atoms. The highest BCUT2D eigenvalue weighted by molar-refractivity contribution is 5.40. The summed E-state index contributed by atoms with van der Waals surface area (Å²) in [6.07, 6.45) is -7.13. The zero-order valence-electron chi connectivity index (χ0n) is 19.1. The molecule has 2 aromatic carbocycles. The van der Waals surface area contributed by atoms with Gasteiger partial charge in [0.15, 0.2) is 0 Å². The predicted octanol–water partition coefficient (Wildman–Crippen LogP) is 5.56. The van der Waals surface area contributed by atoms with Crippen molar-refractivity contribution >= 4 is 0 Å². The average Bonchev–Trinajstić information content (AvgIpc) is 2.68. The van der Waals surface area contributed by atoms with Gasteiger partial charge < -0.3 is 19.3 Å². The summed E-state index contributed by atoms with van der Waals surface area (Å²) < 4.78 is 73.0. The quantitative estimate of drug-likeness (QED) is 0.395. The van der Waals surface area contributed by atoms with Crippen LogP contribution in [-0.2, 0) is 20.5 Å². The van der Waals surface area contributed by atoms with Gasteiger partial charge in [-0.1, -0.05) is 43.2 Å². The first-order valence-electron chi connectivity index (χ1n) is 10.1. The third-order valence-corrected chi connectivity index (χ3v) is 5.53. The first-order chi connectivity index (χ1) is 14.8. The van der Waals surface area contributed by atoms with E-state index in [1.165, 1.54) is 44.6 Å². The summed E-state index contributed by atoms with van der Waals surface area (Å²) in [5, 5.41) is 11.2. The van der Waals surface area contributed by atoms with Crippen molar-refractivity contribution in [3.63, 3.8) is 0 Å². The van der Waals surface area contributed by atoms with Crippen LogP contribution < -0.4 is 4.74 Å². The van der Waals surface area contributed by atoms with E-state index in [2.05, 4.69) is 0 Å². The van der Waals surface area contributed by atoms with Gasteiger partial charge in [0.2, 0.25) is 5.60 Å². The van der Waals surface area contributed by atoms with Crippen molar-refractivity contribution in [1.82, 2.24) is 0 Å². The molecule has 0 aliphatic carbocycles. The molecule has 0 amide bonds. The number of benzene rings is 2. The fourth-order valence-electron chi connectivity index (χ4n) is 3.99. The number of halogens is 4. The van der Waals surface area contributed by atoms with Crippen molar-refractivity contribution in [2.45, 2.75) is 57.4 Å². The van der Waals surface area contributed by atoms with Crippen LogP contribution in [0.5, 0.6) is 5.75 Å². The maximum Gasteiger partial charge on any atom is 0.424 e. The number of methoxy groups -OCH3 is 2. The highest BCUT2D eigenvalue weighted by atomic mass is 19.4. The molecule has 0 heterocycles. The minimum Gasteiger partial charge on any atom is -0.496 e. The summed E-state index contributed by atoms with van der Waals surface area (Å²) in [6.45, 7) is 6.13. The van der Waals surface area contributed by atoms with E-state index in [9.17, 15) is 22.7 Å². The Morgan fingerprint density at radius 2 is 1.56 bits per heavy atom. The second-order valence-corrected chi connectivity index (χ2v) is 8.63. The molecule has 0 radical (unpaired) electrons. The van der Waals surface area contributed by atoms with Crippen LogP contribution in [0, 0.1) is 19.7 Å². The molecular formula is C24H30F4O4.